The van der Waals surface area contributed by atoms with E-state index < -0.39 is 0 Å². The van der Waals surface area contributed by atoms with Crippen molar-refractivity contribution in [2.24, 2.45) is 11.8 Å². The van der Waals surface area contributed by atoms with Gasteiger partial charge in [-0.2, -0.15) is 0 Å². The zero-order chi connectivity index (χ0) is 15.1. The van der Waals surface area contributed by atoms with Crippen LogP contribution in [-0.4, -0.2) is 33.4 Å². The fourth-order valence-corrected chi connectivity index (χ4v) is 3.24. The Balaban J connectivity index is 1.89. The lowest BCUT2D eigenvalue weighted by Crippen LogP contribution is -2.28. The van der Waals surface area contributed by atoms with Gasteiger partial charge in [-0.25, -0.2) is 0 Å². The van der Waals surface area contributed by atoms with E-state index in [-0.39, 0.29) is 0 Å². The molecular weight excluding hydrogens is 262 g/mol. The van der Waals surface area contributed by atoms with Crippen LogP contribution in [0.15, 0.2) is 24.3 Å². The maximum Gasteiger partial charge on any atom is 0.122 e. The summed E-state index contributed by atoms with van der Waals surface area (Å²) < 4.78 is 10.9. The molecule has 118 valence electrons. The highest BCUT2D eigenvalue weighted by Crippen LogP contribution is 2.38. The average Bonchev–Trinajstić information content (AvgIpc) is 2.86. The van der Waals surface area contributed by atoms with Crippen LogP contribution in [0.25, 0.3) is 0 Å². The maximum absolute atomic E-state index is 5.82. The number of para-hydroxylation sites is 1. The molecule has 1 aliphatic heterocycles. The van der Waals surface area contributed by atoms with Crippen LogP contribution in [-0.2, 0) is 4.74 Å². The number of hydrogen-bond acceptors (Lipinski definition) is 3. The fourth-order valence-electron chi connectivity index (χ4n) is 3.24. The van der Waals surface area contributed by atoms with Crippen molar-refractivity contribution in [1.29, 1.82) is 0 Å². The molecule has 1 aromatic rings. The maximum atomic E-state index is 5.82. The lowest BCUT2D eigenvalue weighted by molar-refractivity contribution is 0.195. The van der Waals surface area contributed by atoms with Gasteiger partial charge in [0.05, 0.1) is 13.2 Å². The molecule has 2 unspecified atom stereocenters. The van der Waals surface area contributed by atoms with E-state index in [1.165, 1.54) is 18.4 Å². The Morgan fingerprint density at radius 2 is 2.14 bits per heavy atom. The van der Waals surface area contributed by atoms with Crippen LogP contribution in [0, 0.1) is 11.8 Å². The van der Waals surface area contributed by atoms with Crippen molar-refractivity contribution < 1.29 is 9.47 Å². The molecule has 0 bridgehead atoms. The van der Waals surface area contributed by atoms with Gasteiger partial charge in [0.1, 0.15) is 5.75 Å². The van der Waals surface area contributed by atoms with Gasteiger partial charge in [0.15, 0.2) is 0 Å². The van der Waals surface area contributed by atoms with Gasteiger partial charge in [0, 0.05) is 25.1 Å². The minimum absolute atomic E-state index is 0.550. The third-order valence-corrected chi connectivity index (χ3v) is 4.14. The first-order valence-electron chi connectivity index (χ1n) is 8.12. The third-order valence-electron chi connectivity index (χ3n) is 4.14. The van der Waals surface area contributed by atoms with E-state index in [0.717, 1.165) is 38.0 Å². The molecule has 2 rings (SSSR count). The first-order chi connectivity index (χ1) is 10.2. The number of nitrogens with one attached hydrogen (secondary N) is 1. The second kappa shape index (κ2) is 8.40. The number of benzene rings is 1. The summed E-state index contributed by atoms with van der Waals surface area (Å²) in [5.41, 5.74) is 1.39. The highest BCUT2D eigenvalue weighted by atomic mass is 16.5. The summed E-state index contributed by atoms with van der Waals surface area (Å²) in [7, 11) is 1.75. The molecule has 2 atom stereocenters. The molecule has 0 saturated carbocycles. The second-order valence-corrected chi connectivity index (χ2v) is 6.47. The number of hydrogen-bond donors (Lipinski definition) is 1. The predicted octanol–water partition coefficient (Wildman–Crippen LogP) is 3.45. The van der Waals surface area contributed by atoms with Crippen LogP contribution in [0.4, 0.5) is 0 Å². The Bertz CT molecular complexity index is 419. The molecule has 0 aromatic heterocycles. The van der Waals surface area contributed by atoms with Crippen molar-refractivity contribution >= 4 is 0 Å². The Morgan fingerprint density at radius 3 is 2.90 bits per heavy atom. The molecule has 3 heteroatoms. The normalized spacial score (nSPS) is 18.6. The van der Waals surface area contributed by atoms with Crippen molar-refractivity contribution in [2.75, 3.05) is 33.4 Å². The van der Waals surface area contributed by atoms with Crippen LogP contribution in [0.1, 0.15) is 38.2 Å². The van der Waals surface area contributed by atoms with Crippen LogP contribution in [0.5, 0.6) is 5.75 Å². The van der Waals surface area contributed by atoms with Gasteiger partial charge in [-0.3, -0.25) is 0 Å². The summed E-state index contributed by atoms with van der Waals surface area (Å²) in [6.45, 7) is 8.24. The van der Waals surface area contributed by atoms with Crippen molar-refractivity contribution in [3.05, 3.63) is 29.8 Å². The number of rotatable bonds is 9. The summed E-state index contributed by atoms with van der Waals surface area (Å²) in [6.07, 6.45) is 2.47. The van der Waals surface area contributed by atoms with Gasteiger partial charge < -0.3 is 14.8 Å². The smallest absolute Gasteiger partial charge is 0.122 e. The number of fused-ring (bicyclic) bond motifs is 1. The Kier molecular flexibility index (Phi) is 6.52. The molecule has 0 spiro atoms. The van der Waals surface area contributed by atoms with Crippen molar-refractivity contribution in [3.63, 3.8) is 0 Å². The summed E-state index contributed by atoms with van der Waals surface area (Å²) >= 11 is 0. The molecule has 0 aliphatic carbocycles. The molecule has 0 radical (unpaired) electrons. The van der Waals surface area contributed by atoms with E-state index in [0.29, 0.717) is 11.8 Å². The highest BCUT2D eigenvalue weighted by Gasteiger charge is 2.26. The van der Waals surface area contributed by atoms with E-state index in [4.69, 9.17) is 9.47 Å². The van der Waals surface area contributed by atoms with E-state index in [1.807, 2.05) is 0 Å². The van der Waals surface area contributed by atoms with Gasteiger partial charge >= 0.3 is 0 Å². The fraction of sp³-hybridized carbons (Fsp3) is 0.667. The minimum Gasteiger partial charge on any atom is -0.493 e. The van der Waals surface area contributed by atoms with Crippen molar-refractivity contribution in [2.45, 2.75) is 32.6 Å². The zero-order valence-electron chi connectivity index (χ0n) is 13.6. The quantitative estimate of drug-likeness (QED) is 0.707. The van der Waals surface area contributed by atoms with E-state index >= 15 is 0 Å². The lowest BCUT2D eigenvalue weighted by Gasteiger charge is -2.22. The molecule has 21 heavy (non-hydrogen) atoms. The Morgan fingerprint density at radius 1 is 1.33 bits per heavy atom. The lowest BCUT2D eigenvalue weighted by atomic mass is 9.85. The highest BCUT2D eigenvalue weighted by molar-refractivity contribution is 5.39. The molecular formula is C18H29NO2. The predicted molar refractivity (Wildman–Crippen MR) is 87.0 cm³/mol. The largest absolute Gasteiger partial charge is 0.493 e. The molecule has 1 heterocycles. The third kappa shape index (κ3) is 5.01. The Hall–Kier alpha value is -1.06. The first kappa shape index (κ1) is 16.3. The Labute approximate surface area is 129 Å². The molecule has 0 amide bonds. The summed E-state index contributed by atoms with van der Waals surface area (Å²) in [6, 6.07) is 8.48. The van der Waals surface area contributed by atoms with Gasteiger partial charge in [-0.15, -0.1) is 0 Å². The second-order valence-electron chi connectivity index (χ2n) is 6.47. The molecule has 3 nitrogen and oxygen atoms in total. The first-order valence-corrected chi connectivity index (χ1v) is 8.12. The van der Waals surface area contributed by atoms with Gasteiger partial charge in [0.2, 0.25) is 0 Å². The summed E-state index contributed by atoms with van der Waals surface area (Å²) in [5.74, 6) is 3.06. The van der Waals surface area contributed by atoms with E-state index in [1.54, 1.807) is 7.11 Å². The summed E-state index contributed by atoms with van der Waals surface area (Å²) in [5, 5.41) is 3.52. The zero-order valence-corrected chi connectivity index (χ0v) is 13.6. The standard InChI is InChI=1S/C18H29NO2/c1-14(2)10-15(12-19-8-9-20-3)11-16-13-21-18-7-5-4-6-17(16)18/h4-7,14-16,19H,8-13H2,1-3H3. The van der Waals surface area contributed by atoms with Crippen LogP contribution in [0.3, 0.4) is 0 Å². The van der Waals surface area contributed by atoms with E-state index in [2.05, 4.69) is 43.4 Å². The summed E-state index contributed by atoms with van der Waals surface area (Å²) in [4.78, 5) is 0. The molecule has 1 N–H and O–H groups in total. The molecule has 0 saturated heterocycles. The van der Waals surface area contributed by atoms with Gasteiger partial charge in [-0.05, 0) is 37.3 Å². The average molecular weight is 291 g/mol. The number of methoxy groups -OCH3 is 1. The van der Waals surface area contributed by atoms with Gasteiger partial charge in [0.25, 0.3) is 0 Å². The molecule has 1 aliphatic rings. The number of ether oxygens (including phenoxy) is 2. The van der Waals surface area contributed by atoms with Crippen LogP contribution >= 0.6 is 0 Å². The minimum atomic E-state index is 0.550. The van der Waals surface area contributed by atoms with Crippen molar-refractivity contribution in [1.82, 2.24) is 5.32 Å². The topological polar surface area (TPSA) is 30.5 Å². The SMILES string of the molecule is COCCNCC(CC(C)C)CC1COc2ccccc21. The van der Waals surface area contributed by atoms with Crippen LogP contribution < -0.4 is 10.1 Å². The van der Waals surface area contributed by atoms with Gasteiger partial charge in [-0.1, -0.05) is 32.0 Å². The van der Waals surface area contributed by atoms with Crippen LogP contribution in [0.2, 0.25) is 0 Å². The van der Waals surface area contributed by atoms with Crippen molar-refractivity contribution in [3.8, 4) is 5.75 Å². The molecule has 0 fully saturated rings. The molecule has 1 aromatic carbocycles. The van der Waals surface area contributed by atoms with E-state index in [9.17, 15) is 0 Å². The monoisotopic (exact) mass is 291 g/mol.